The maximum Gasteiger partial charge on any atom is 0.274 e. The van der Waals surface area contributed by atoms with Crippen LogP contribution in [0.25, 0.3) is 0 Å². The molecule has 3 rings (SSSR count). The van der Waals surface area contributed by atoms with Crippen molar-refractivity contribution in [2.75, 3.05) is 13.6 Å². The summed E-state index contributed by atoms with van der Waals surface area (Å²) in [5.41, 5.74) is 4.27. The SMILES string of the molecule is CCn1nc(C(=O)N(C)CCc2cccc(C#N)c2)c2c1[C@H](C)O[C@H](C)C2. The number of hydrogen-bond donors (Lipinski definition) is 0. The summed E-state index contributed by atoms with van der Waals surface area (Å²) >= 11 is 0. The molecule has 0 unspecified atom stereocenters. The minimum absolute atomic E-state index is 0.0585. The van der Waals surface area contributed by atoms with E-state index in [4.69, 9.17) is 10.00 Å². The lowest BCUT2D eigenvalue weighted by Crippen LogP contribution is -2.31. The Labute approximate surface area is 160 Å². The van der Waals surface area contributed by atoms with Crippen LogP contribution in [0.4, 0.5) is 0 Å². The first kappa shape index (κ1) is 19.1. The summed E-state index contributed by atoms with van der Waals surface area (Å²) in [6.07, 6.45) is 1.42. The lowest BCUT2D eigenvalue weighted by Gasteiger charge is -2.27. The van der Waals surface area contributed by atoms with Crippen LogP contribution >= 0.6 is 0 Å². The molecule has 27 heavy (non-hydrogen) atoms. The Morgan fingerprint density at radius 3 is 2.93 bits per heavy atom. The van der Waals surface area contributed by atoms with Crippen molar-refractivity contribution >= 4 is 5.91 Å². The number of carbonyl (C=O) groups is 1. The van der Waals surface area contributed by atoms with Crippen LogP contribution in [-0.4, -0.2) is 40.3 Å². The molecule has 0 spiro atoms. The molecule has 142 valence electrons. The molecular weight excluding hydrogens is 340 g/mol. The van der Waals surface area contributed by atoms with Crippen LogP contribution in [0, 0.1) is 11.3 Å². The number of rotatable bonds is 5. The fraction of sp³-hybridized carbons (Fsp3) is 0.476. The lowest BCUT2D eigenvalue weighted by molar-refractivity contribution is -0.00951. The van der Waals surface area contributed by atoms with Gasteiger partial charge in [0.2, 0.25) is 0 Å². The smallest absolute Gasteiger partial charge is 0.274 e. The summed E-state index contributed by atoms with van der Waals surface area (Å²) in [6.45, 7) is 7.36. The third-order valence-corrected chi connectivity index (χ3v) is 5.05. The van der Waals surface area contributed by atoms with Crippen LogP contribution in [0.15, 0.2) is 24.3 Å². The number of carbonyl (C=O) groups excluding carboxylic acids is 1. The Balaban J connectivity index is 1.78. The molecule has 2 atom stereocenters. The molecule has 6 nitrogen and oxygen atoms in total. The molecule has 6 heteroatoms. The second-order valence-electron chi connectivity index (χ2n) is 7.11. The summed E-state index contributed by atoms with van der Waals surface area (Å²) in [5, 5.41) is 13.6. The molecule has 0 saturated carbocycles. The first-order valence-corrected chi connectivity index (χ1v) is 9.44. The second-order valence-corrected chi connectivity index (χ2v) is 7.11. The van der Waals surface area contributed by atoms with E-state index < -0.39 is 0 Å². The Morgan fingerprint density at radius 1 is 1.44 bits per heavy atom. The number of nitriles is 1. The summed E-state index contributed by atoms with van der Waals surface area (Å²) in [7, 11) is 1.81. The number of hydrogen-bond acceptors (Lipinski definition) is 4. The predicted octanol–water partition coefficient (Wildman–Crippen LogP) is 3.11. The maximum atomic E-state index is 13.1. The molecule has 1 aliphatic heterocycles. The number of ether oxygens (including phenoxy) is 1. The van der Waals surface area contributed by atoms with Gasteiger partial charge >= 0.3 is 0 Å². The molecule has 0 N–H and O–H groups in total. The van der Waals surface area contributed by atoms with E-state index in [1.807, 2.05) is 43.7 Å². The molecule has 1 aromatic heterocycles. The summed E-state index contributed by atoms with van der Waals surface area (Å²) in [6, 6.07) is 9.65. The monoisotopic (exact) mass is 366 g/mol. The summed E-state index contributed by atoms with van der Waals surface area (Å²) in [5.74, 6) is -0.0591. The van der Waals surface area contributed by atoms with Gasteiger partial charge in [-0.1, -0.05) is 12.1 Å². The van der Waals surface area contributed by atoms with Crippen LogP contribution < -0.4 is 0 Å². The topological polar surface area (TPSA) is 71.2 Å². The normalized spacial score (nSPS) is 18.6. The minimum atomic E-state index is -0.0591. The molecule has 0 aliphatic carbocycles. The lowest BCUT2D eigenvalue weighted by atomic mass is 9.99. The van der Waals surface area contributed by atoms with Crippen molar-refractivity contribution < 1.29 is 9.53 Å². The summed E-state index contributed by atoms with van der Waals surface area (Å²) < 4.78 is 7.82. The number of amides is 1. The molecule has 1 amide bonds. The van der Waals surface area contributed by atoms with Crippen LogP contribution in [0.2, 0.25) is 0 Å². The van der Waals surface area contributed by atoms with Crippen LogP contribution in [-0.2, 0) is 24.1 Å². The van der Waals surface area contributed by atoms with Gasteiger partial charge < -0.3 is 9.64 Å². The van der Waals surface area contributed by atoms with E-state index in [2.05, 4.69) is 11.2 Å². The van der Waals surface area contributed by atoms with Crippen molar-refractivity contribution in [1.29, 1.82) is 5.26 Å². The van der Waals surface area contributed by atoms with Gasteiger partial charge in [-0.3, -0.25) is 9.48 Å². The van der Waals surface area contributed by atoms with Crippen molar-refractivity contribution in [3.05, 3.63) is 52.3 Å². The van der Waals surface area contributed by atoms with Gasteiger partial charge in [-0.2, -0.15) is 10.4 Å². The summed E-state index contributed by atoms with van der Waals surface area (Å²) in [4.78, 5) is 14.8. The molecule has 1 aromatic carbocycles. The standard InChI is InChI=1S/C21H26N4O2/c1-5-25-20-15(3)27-14(2)11-18(20)19(23-25)21(26)24(4)10-9-16-7-6-8-17(12-16)13-22/h6-8,12,14-15H,5,9-11H2,1-4H3/t14-,15+/m1/s1. The number of benzene rings is 1. The first-order valence-electron chi connectivity index (χ1n) is 9.44. The second kappa shape index (κ2) is 7.93. The maximum absolute atomic E-state index is 13.1. The average Bonchev–Trinajstić information content (AvgIpc) is 3.04. The molecular formula is C21H26N4O2. The first-order chi connectivity index (χ1) is 12.9. The minimum Gasteiger partial charge on any atom is -0.369 e. The third-order valence-electron chi connectivity index (χ3n) is 5.05. The number of nitrogens with zero attached hydrogens (tertiary/aromatic N) is 4. The van der Waals surface area contributed by atoms with Gasteiger partial charge in [-0.05, 0) is 44.9 Å². The highest BCUT2D eigenvalue weighted by molar-refractivity contribution is 5.94. The van der Waals surface area contributed by atoms with E-state index in [0.717, 1.165) is 16.8 Å². The molecule has 1 aliphatic rings. The largest absolute Gasteiger partial charge is 0.369 e. The zero-order chi connectivity index (χ0) is 19.6. The average molecular weight is 366 g/mol. The fourth-order valence-electron chi connectivity index (χ4n) is 3.71. The predicted molar refractivity (Wildman–Crippen MR) is 102 cm³/mol. The highest BCUT2D eigenvalue weighted by Gasteiger charge is 2.32. The van der Waals surface area contributed by atoms with Gasteiger partial charge in [0.05, 0.1) is 29.5 Å². The van der Waals surface area contributed by atoms with Crippen LogP contribution in [0.5, 0.6) is 0 Å². The molecule has 0 radical (unpaired) electrons. The van der Waals surface area contributed by atoms with Crippen molar-refractivity contribution in [1.82, 2.24) is 14.7 Å². The van der Waals surface area contributed by atoms with Gasteiger partial charge in [-0.25, -0.2) is 0 Å². The van der Waals surface area contributed by atoms with E-state index in [1.54, 1.807) is 18.0 Å². The fourth-order valence-corrected chi connectivity index (χ4v) is 3.71. The van der Waals surface area contributed by atoms with Crippen molar-refractivity contribution in [3.8, 4) is 6.07 Å². The van der Waals surface area contributed by atoms with Crippen molar-refractivity contribution in [3.63, 3.8) is 0 Å². The molecule has 0 saturated heterocycles. The van der Waals surface area contributed by atoms with Crippen LogP contribution in [0.3, 0.4) is 0 Å². The highest BCUT2D eigenvalue weighted by Crippen LogP contribution is 2.32. The van der Waals surface area contributed by atoms with Gasteiger partial charge in [0.25, 0.3) is 5.91 Å². The molecule has 0 bridgehead atoms. The quantitative estimate of drug-likeness (QED) is 0.815. The number of likely N-dealkylation sites (N-methyl/N-ethyl adjacent to an activating group) is 1. The van der Waals surface area contributed by atoms with Crippen molar-refractivity contribution in [2.24, 2.45) is 0 Å². The van der Waals surface area contributed by atoms with E-state index in [1.165, 1.54) is 0 Å². The number of aryl methyl sites for hydroxylation is 1. The van der Waals surface area contributed by atoms with Crippen molar-refractivity contribution in [2.45, 2.75) is 52.4 Å². The zero-order valence-electron chi connectivity index (χ0n) is 16.4. The Morgan fingerprint density at radius 2 is 2.22 bits per heavy atom. The van der Waals surface area contributed by atoms with Crippen LogP contribution in [0.1, 0.15) is 59.7 Å². The zero-order valence-corrected chi connectivity index (χ0v) is 16.4. The Bertz CT molecular complexity index is 881. The van der Waals surface area contributed by atoms with Gasteiger partial charge in [0, 0.05) is 32.1 Å². The van der Waals surface area contributed by atoms with E-state index in [9.17, 15) is 4.79 Å². The van der Waals surface area contributed by atoms with Gasteiger partial charge in [0.15, 0.2) is 5.69 Å². The Hall–Kier alpha value is -2.65. The number of fused-ring (bicyclic) bond motifs is 1. The highest BCUT2D eigenvalue weighted by atomic mass is 16.5. The van der Waals surface area contributed by atoms with E-state index in [0.29, 0.717) is 37.2 Å². The number of aromatic nitrogens is 2. The van der Waals surface area contributed by atoms with Gasteiger partial charge in [-0.15, -0.1) is 0 Å². The Kier molecular flexibility index (Phi) is 5.62. The van der Waals surface area contributed by atoms with E-state index >= 15 is 0 Å². The molecule has 2 aromatic rings. The molecule has 2 heterocycles. The van der Waals surface area contributed by atoms with E-state index in [-0.39, 0.29) is 18.1 Å². The van der Waals surface area contributed by atoms with Gasteiger partial charge in [0.1, 0.15) is 0 Å². The third kappa shape index (κ3) is 3.88. The molecule has 0 fully saturated rings.